The number of piperidine rings is 2. The number of aromatic nitrogens is 1. The van der Waals surface area contributed by atoms with Crippen LogP contribution in [0.2, 0.25) is 0 Å². The summed E-state index contributed by atoms with van der Waals surface area (Å²) in [6.07, 6.45) is 3.93. The first kappa shape index (κ1) is 49.1. The maximum atomic E-state index is 13.8. The molecule has 7 rings (SSSR count). The van der Waals surface area contributed by atoms with Gasteiger partial charge >= 0.3 is 23.8 Å². The minimum atomic E-state index is -1.00. The van der Waals surface area contributed by atoms with Crippen molar-refractivity contribution in [2.75, 3.05) is 105 Å². The van der Waals surface area contributed by atoms with Gasteiger partial charge in [-0.25, -0.2) is 14.4 Å². The quantitative estimate of drug-likeness (QED) is 0.192. The number of rotatable bonds is 12. The van der Waals surface area contributed by atoms with Crippen LogP contribution in [0.1, 0.15) is 69.6 Å². The largest absolute Gasteiger partial charge is 0.466 e. The smallest absolute Gasteiger partial charge is 0.419 e. The number of likely N-dealkylation sites (tertiary alicyclic amines) is 2. The molecule has 5 heterocycles. The first-order chi connectivity index (χ1) is 29.7. The SMILES string of the molecule is C.CN(C)CCCOC(=O)CCN1CCN(C)CC1.Cc1cc(C[C@@H](OC(=O)N2CCC(N3CCc4ccccc4NC3=O)CC2)C(=O)N2CCC(C)CC2)cc2oc(=O)n(C)c12. The number of urea groups is 1. The summed E-state index contributed by atoms with van der Waals surface area (Å²) in [5, 5.41) is 3.03. The van der Waals surface area contributed by atoms with Gasteiger partial charge < -0.3 is 48.6 Å². The molecule has 0 saturated carbocycles. The average molecular weight is 877 g/mol. The Hall–Kier alpha value is -4.93. The number of amides is 4. The van der Waals surface area contributed by atoms with E-state index >= 15 is 0 Å². The van der Waals surface area contributed by atoms with Gasteiger partial charge in [-0.3, -0.25) is 14.2 Å². The monoisotopic (exact) mass is 877 g/mol. The number of oxazole rings is 1. The molecule has 0 radical (unpaired) electrons. The number of aryl methyl sites for hydroxylation is 2. The first-order valence-electron chi connectivity index (χ1n) is 22.5. The zero-order valence-corrected chi connectivity index (χ0v) is 37.7. The van der Waals surface area contributed by atoms with Gasteiger partial charge in [-0.1, -0.05) is 38.6 Å². The molecule has 3 saturated heterocycles. The second-order valence-electron chi connectivity index (χ2n) is 17.8. The standard InChI is InChI=1S/C33H41N5O6.C13H27N3O2.CH4/c1-21-8-13-36(14-9-21)30(39)28(20-23-18-22(2)29-27(19-23)43-32(41)35(29)3)44-33(42)37-15-11-25(12-16-37)38-17-10-24-6-4-5-7-26(24)34-31(38)40;1-14(2)6-4-12-18-13(17)5-7-16-10-8-15(3)9-11-16;/h4-7,18-19,21,25,28H,8-17,20H2,1-3H3,(H,34,40);4-12H2,1-3H3;1H4/t28-;;/m1../s1. The van der Waals surface area contributed by atoms with Crippen molar-refractivity contribution in [2.45, 2.75) is 84.8 Å². The summed E-state index contributed by atoms with van der Waals surface area (Å²) in [4.78, 5) is 76.0. The predicted molar refractivity (Wildman–Crippen MR) is 245 cm³/mol. The predicted octanol–water partition coefficient (Wildman–Crippen LogP) is 5.06. The number of para-hydroxylation sites is 1. The van der Waals surface area contributed by atoms with E-state index in [1.165, 1.54) is 4.57 Å². The minimum Gasteiger partial charge on any atom is -0.466 e. The highest BCUT2D eigenvalue weighted by Gasteiger charge is 2.35. The highest BCUT2D eigenvalue weighted by molar-refractivity contribution is 5.91. The van der Waals surface area contributed by atoms with Gasteiger partial charge in [0.2, 0.25) is 0 Å². The number of hydrogen-bond acceptors (Lipinski definition) is 11. The molecule has 4 amide bonds. The lowest BCUT2D eigenvalue weighted by molar-refractivity contribution is -0.144. The third kappa shape index (κ3) is 13.5. The van der Waals surface area contributed by atoms with Crippen molar-refractivity contribution in [3.05, 3.63) is 63.6 Å². The van der Waals surface area contributed by atoms with Gasteiger partial charge in [-0.05, 0) is 101 Å². The number of carbonyl (C=O) groups is 4. The molecular weight excluding hydrogens is 805 g/mol. The highest BCUT2D eigenvalue weighted by Crippen LogP contribution is 2.27. The second-order valence-corrected chi connectivity index (χ2v) is 17.8. The lowest BCUT2D eigenvalue weighted by Crippen LogP contribution is -2.51. The fourth-order valence-electron chi connectivity index (χ4n) is 8.78. The fourth-order valence-corrected chi connectivity index (χ4v) is 8.78. The number of nitrogens with one attached hydrogen (secondary N) is 1. The molecule has 1 atom stereocenters. The summed E-state index contributed by atoms with van der Waals surface area (Å²) >= 11 is 0. The molecule has 3 fully saturated rings. The summed E-state index contributed by atoms with van der Waals surface area (Å²) in [5.74, 6) is -0.166. The summed E-state index contributed by atoms with van der Waals surface area (Å²) < 4.78 is 18.1. The molecule has 4 aliphatic heterocycles. The summed E-state index contributed by atoms with van der Waals surface area (Å²) in [7, 11) is 7.84. The van der Waals surface area contributed by atoms with Crippen molar-refractivity contribution in [1.82, 2.24) is 34.0 Å². The van der Waals surface area contributed by atoms with Gasteiger partial charge in [0, 0.05) is 97.2 Å². The first-order valence-corrected chi connectivity index (χ1v) is 22.5. The molecule has 348 valence electrons. The Bertz CT molecular complexity index is 2040. The van der Waals surface area contributed by atoms with E-state index in [2.05, 4.69) is 34.0 Å². The van der Waals surface area contributed by atoms with Crippen LogP contribution in [0.25, 0.3) is 11.1 Å². The summed E-state index contributed by atoms with van der Waals surface area (Å²) in [6.45, 7) is 13.5. The molecule has 4 aliphatic rings. The number of likely N-dealkylation sites (N-methyl/N-ethyl adjacent to an activating group) is 1. The van der Waals surface area contributed by atoms with E-state index in [-0.39, 0.29) is 37.8 Å². The van der Waals surface area contributed by atoms with E-state index in [0.717, 1.165) is 87.3 Å². The number of esters is 1. The van der Waals surface area contributed by atoms with E-state index in [9.17, 15) is 24.0 Å². The number of benzene rings is 2. The van der Waals surface area contributed by atoms with E-state index in [0.29, 0.717) is 75.6 Å². The van der Waals surface area contributed by atoms with Gasteiger partial charge in [0.05, 0.1) is 18.5 Å². The number of ether oxygens (including phenoxy) is 2. The Labute approximate surface area is 373 Å². The summed E-state index contributed by atoms with van der Waals surface area (Å²) in [5.41, 5.74) is 4.72. The fraction of sp³-hybridized carbons (Fsp3) is 0.638. The van der Waals surface area contributed by atoms with Crippen LogP contribution < -0.4 is 11.1 Å². The van der Waals surface area contributed by atoms with Gasteiger partial charge in [0.25, 0.3) is 5.91 Å². The third-order valence-corrected chi connectivity index (χ3v) is 12.7. The molecule has 63 heavy (non-hydrogen) atoms. The molecule has 0 bridgehead atoms. The molecule has 1 aromatic heterocycles. The maximum Gasteiger partial charge on any atom is 0.419 e. The summed E-state index contributed by atoms with van der Waals surface area (Å²) in [6, 6.07) is 11.4. The normalized spacial score (nSPS) is 18.5. The van der Waals surface area contributed by atoms with Crippen molar-refractivity contribution in [2.24, 2.45) is 13.0 Å². The number of anilines is 1. The van der Waals surface area contributed by atoms with Crippen LogP contribution in [0.15, 0.2) is 45.6 Å². The van der Waals surface area contributed by atoms with Gasteiger partial charge in [-0.2, -0.15) is 0 Å². The Balaban J connectivity index is 0.000000333. The molecule has 16 heteroatoms. The van der Waals surface area contributed by atoms with Crippen LogP contribution in [0.5, 0.6) is 0 Å². The number of hydrogen-bond donors (Lipinski definition) is 1. The highest BCUT2D eigenvalue weighted by atomic mass is 16.6. The van der Waals surface area contributed by atoms with Crippen molar-refractivity contribution < 1.29 is 33.1 Å². The molecule has 1 N–H and O–H groups in total. The number of carbonyl (C=O) groups excluding carboxylic acids is 4. The lowest BCUT2D eigenvalue weighted by Gasteiger charge is -2.38. The van der Waals surface area contributed by atoms with Gasteiger partial charge in [-0.15, -0.1) is 0 Å². The number of fused-ring (bicyclic) bond motifs is 2. The molecule has 0 aliphatic carbocycles. The van der Waals surface area contributed by atoms with E-state index < -0.39 is 18.0 Å². The van der Waals surface area contributed by atoms with E-state index in [1.807, 2.05) is 56.3 Å². The Morgan fingerprint density at radius 2 is 1.59 bits per heavy atom. The Morgan fingerprint density at radius 3 is 2.29 bits per heavy atom. The van der Waals surface area contributed by atoms with Crippen LogP contribution in [0.3, 0.4) is 0 Å². The maximum absolute atomic E-state index is 13.8. The number of piperazine rings is 1. The van der Waals surface area contributed by atoms with Crippen LogP contribution in [0, 0.1) is 12.8 Å². The van der Waals surface area contributed by atoms with Gasteiger partial charge in [0.1, 0.15) is 0 Å². The second kappa shape index (κ2) is 23.1. The lowest BCUT2D eigenvalue weighted by atomic mass is 9.98. The van der Waals surface area contributed by atoms with Gasteiger partial charge in [0.15, 0.2) is 11.7 Å². The van der Waals surface area contributed by atoms with E-state index in [1.54, 1.807) is 22.9 Å². The Morgan fingerprint density at radius 1 is 0.905 bits per heavy atom. The molecule has 16 nitrogen and oxygen atoms in total. The number of nitrogens with zero attached hydrogens (tertiary/aromatic N) is 7. The van der Waals surface area contributed by atoms with Crippen molar-refractivity contribution >= 4 is 40.8 Å². The minimum absolute atomic E-state index is 0. The zero-order valence-electron chi connectivity index (χ0n) is 37.7. The third-order valence-electron chi connectivity index (χ3n) is 12.7. The molecular formula is C47H72N8O8. The van der Waals surface area contributed by atoms with Crippen molar-refractivity contribution in [3.8, 4) is 0 Å². The molecule has 3 aromatic rings. The molecule has 0 unspecified atom stereocenters. The molecule has 2 aromatic carbocycles. The van der Waals surface area contributed by atoms with Crippen LogP contribution in [-0.4, -0.2) is 170 Å². The average Bonchev–Trinajstić information content (AvgIpc) is 3.43. The topological polar surface area (TPSA) is 153 Å². The van der Waals surface area contributed by atoms with Crippen LogP contribution >= 0.6 is 0 Å². The van der Waals surface area contributed by atoms with Crippen LogP contribution in [0.4, 0.5) is 15.3 Å². The Kier molecular flexibility index (Phi) is 18.0. The molecule has 0 spiro atoms. The van der Waals surface area contributed by atoms with Crippen molar-refractivity contribution in [1.29, 1.82) is 0 Å². The van der Waals surface area contributed by atoms with Crippen LogP contribution in [-0.2, 0) is 39.0 Å². The van der Waals surface area contributed by atoms with E-state index in [4.69, 9.17) is 13.9 Å². The van der Waals surface area contributed by atoms with Crippen molar-refractivity contribution in [3.63, 3.8) is 0 Å². The zero-order chi connectivity index (χ0) is 44.3.